The van der Waals surface area contributed by atoms with Crippen LogP contribution in [-0.2, 0) is 4.79 Å². The highest BCUT2D eigenvalue weighted by Crippen LogP contribution is 2.27. The monoisotopic (exact) mass is 436 g/mol. The van der Waals surface area contributed by atoms with Gasteiger partial charge in [-0.05, 0) is 54.6 Å². The van der Waals surface area contributed by atoms with Crippen LogP contribution in [-0.4, -0.2) is 22.5 Å². The van der Waals surface area contributed by atoms with Crippen molar-refractivity contribution in [1.29, 1.82) is 0 Å². The summed E-state index contributed by atoms with van der Waals surface area (Å²) in [5.41, 5.74) is 3.38. The minimum Gasteiger partial charge on any atom is -0.484 e. The lowest BCUT2D eigenvalue weighted by atomic mass is 10.2. The summed E-state index contributed by atoms with van der Waals surface area (Å²) in [7, 11) is 0. The van der Waals surface area contributed by atoms with Crippen molar-refractivity contribution in [1.82, 2.24) is 9.97 Å². The van der Waals surface area contributed by atoms with Gasteiger partial charge in [0.25, 0.3) is 5.91 Å². The lowest BCUT2D eigenvalue weighted by Gasteiger charge is -2.09. The highest BCUT2D eigenvalue weighted by atomic mass is 35.5. The van der Waals surface area contributed by atoms with Gasteiger partial charge in [0.1, 0.15) is 5.75 Å². The standard InChI is InChI=1S/C22H17ClN4O2S/c23-16-4-6-19(7-5-16)29-13-21(28)25-17-2-1-3-18(12-17)26-22-27-20(14-30-22)15-8-10-24-11-9-15/h1-12,14H,13H2,(H,25,28)(H,26,27). The van der Waals surface area contributed by atoms with E-state index >= 15 is 0 Å². The van der Waals surface area contributed by atoms with Crippen molar-refractivity contribution in [2.45, 2.75) is 0 Å². The molecule has 2 N–H and O–H groups in total. The van der Waals surface area contributed by atoms with Crippen LogP contribution >= 0.6 is 22.9 Å². The SMILES string of the molecule is O=C(COc1ccc(Cl)cc1)Nc1cccc(Nc2nc(-c3ccncc3)cs2)c1. The molecule has 0 radical (unpaired) electrons. The van der Waals surface area contributed by atoms with Crippen LogP contribution in [0, 0.1) is 0 Å². The Kier molecular flexibility index (Phi) is 6.22. The number of anilines is 3. The molecule has 6 nitrogen and oxygen atoms in total. The number of nitrogens with zero attached hydrogens (tertiary/aromatic N) is 2. The summed E-state index contributed by atoms with van der Waals surface area (Å²) in [6.07, 6.45) is 3.48. The summed E-state index contributed by atoms with van der Waals surface area (Å²) in [5, 5.41) is 9.45. The van der Waals surface area contributed by atoms with Crippen LogP contribution in [0.15, 0.2) is 78.4 Å². The summed E-state index contributed by atoms with van der Waals surface area (Å²) < 4.78 is 5.47. The quantitative estimate of drug-likeness (QED) is 0.393. The summed E-state index contributed by atoms with van der Waals surface area (Å²) >= 11 is 7.35. The number of halogens is 1. The maximum absolute atomic E-state index is 12.2. The maximum Gasteiger partial charge on any atom is 0.262 e. The molecule has 0 unspecified atom stereocenters. The van der Waals surface area contributed by atoms with Crippen LogP contribution in [0.25, 0.3) is 11.3 Å². The van der Waals surface area contributed by atoms with Crippen molar-refractivity contribution in [2.24, 2.45) is 0 Å². The van der Waals surface area contributed by atoms with E-state index in [9.17, 15) is 4.79 Å². The summed E-state index contributed by atoms with van der Waals surface area (Å²) in [6, 6.07) is 18.1. The zero-order chi connectivity index (χ0) is 20.8. The first-order valence-corrected chi connectivity index (χ1v) is 10.3. The van der Waals surface area contributed by atoms with Crippen molar-refractivity contribution >= 4 is 45.4 Å². The Morgan fingerprint density at radius 2 is 1.80 bits per heavy atom. The minimum atomic E-state index is -0.253. The Labute approximate surface area is 182 Å². The maximum atomic E-state index is 12.2. The van der Waals surface area contributed by atoms with E-state index < -0.39 is 0 Å². The third kappa shape index (κ3) is 5.34. The van der Waals surface area contributed by atoms with Crippen molar-refractivity contribution in [3.63, 3.8) is 0 Å². The molecule has 1 amide bonds. The van der Waals surface area contributed by atoms with Gasteiger partial charge in [0.15, 0.2) is 11.7 Å². The molecular weight excluding hydrogens is 420 g/mol. The van der Waals surface area contributed by atoms with Gasteiger partial charge in [-0.1, -0.05) is 17.7 Å². The molecule has 4 rings (SSSR count). The Balaban J connectivity index is 1.35. The summed E-state index contributed by atoms with van der Waals surface area (Å²) in [6.45, 7) is -0.0962. The number of aromatic nitrogens is 2. The van der Waals surface area contributed by atoms with Crippen LogP contribution in [0.2, 0.25) is 5.02 Å². The van der Waals surface area contributed by atoms with Crippen LogP contribution in [0.1, 0.15) is 0 Å². The molecule has 2 aromatic heterocycles. The number of carbonyl (C=O) groups excluding carboxylic acids is 1. The van der Waals surface area contributed by atoms with E-state index in [2.05, 4.69) is 20.6 Å². The number of hydrogen-bond acceptors (Lipinski definition) is 6. The molecule has 0 aliphatic carbocycles. The predicted molar refractivity (Wildman–Crippen MR) is 121 cm³/mol. The Hall–Kier alpha value is -3.42. The number of rotatable bonds is 7. The fourth-order valence-corrected chi connectivity index (χ4v) is 3.53. The Bertz CT molecular complexity index is 1130. The molecule has 8 heteroatoms. The van der Waals surface area contributed by atoms with Crippen molar-refractivity contribution in [3.8, 4) is 17.0 Å². The second-order valence-electron chi connectivity index (χ2n) is 6.27. The van der Waals surface area contributed by atoms with E-state index in [4.69, 9.17) is 16.3 Å². The van der Waals surface area contributed by atoms with Crippen molar-refractivity contribution in [3.05, 3.63) is 83.5 Å². The second kappa shape index (κ2) is 9.39. The largest absolute Gasteiger partial charge is 0.484 e. The van der Waals surface area contributed by atoms with Crippen molar-refractivity contribution < 1.29 is 9.53 Å². The van der Waals surface area contributed by atoms with E-state index in [-0.39, 0.29) is 12.5 Å². The fraction of sp³-hybridized carbons (Fsp3) is 0.0455. The highest BCUT2D eigenvalue weighted by Gasteiger charge is 2.07. The van der Waals surface area contributed by atoms with Crippen LogP contribution < -0.4 is 15.4 Å². The lowest BCUT2D eigenvalue weighted by Crippen LogP contribution is -2.20. The molecule has 0 bridgehead atoms. The first-order valence-electron chi connectivity index (χ1n) is 9.07. The smallest absolute Gasteiger partial charge is 0.262 e. The van der Waals surface area contributed by atoms with Crippen LogP contribution in [0.4, 0.5) is 16.5 Å². The summed E-state index contributed by atoms with van der Waals surface area (Å²) in [5.74, 6) is 0.329. The van der Waals surface area contributed by atoms with Gasteiger partial charge >= 0.3 is 0 Å². The average Bonchev–Trinajstić information content (AvgIpc) is 3.23. The van der Waals surface area contributed by atoms with Gasteiger partial charge < -0.3 is 15.4 Å². The number of benzene rings is 2. The topological polar surface area (TPSA) is 76.1 Å². The minimum absolute atomic E-state index is 0.0962. The van der Waals surface area contributed by atoms with Gasteiger partial charge in [-0.3, -0.25) is 9.78 Å². The number of nitrogens with one attached hydrogen (secondary N) is 2. The molecule has 0 aliphatic heterocycles. The second-order valence-corrected chi connectivity index (χ2v) is 7.56. The molecule has 0 atom stereocenters. The number of pyridine rings is 1. The van der Waals surface area contributed by atoms with E-state index in [1.165, 1.54) is 11.3 Å². The molecule has 0 spiro atoms. The number of hydrogen-bond donors (Lipinski definition) is 2. The van der Waals surface area contributed by atoms with Gasteiger partial charge in [0.2, 0.25) is 0 Å². The van der Waals surface area contributed by atoms with Gasteiger partial charge in [-0.2, -0.15) is 0 Å². The van der Waals surface area contributed by atoms with Crippen LogP contribution in [0.3, 0.4) is 0 Å². The van der Waals surface area contributed by atoms with Gasteiger partial charge in [0.05, 0.1) is 5.69 Å². The first-order chi connectivity index (χ1) is 14.7. The molecule has 150 valence electrons. The normalized spacial score (nSPS) is 10.4. The van der Waals surface area contributed by atoms with Gasteiger partial charge in [0, 0.05) is 39.7 Å². The molecule has 2 aromatic carbocycles. The molecule has 0 aliphatic rings. The molecular formula is C22H17ClN4O2S. The average molecular weight is 437 g/mol. The zero-order valence-corrected chi connectivity index (χ0v) is 17.3. The van der Waals surface area contributed by atoms with E-state index in [1.54, 1.807) is 36.7 Å². The van der Waals surface area contributed by atoms with E-state index in [0.717, 1.165) is 22.1 Å². The summed E-state index contributed by atoms with van der Waals surface area (Å²) in [4.78, 5) is 20.8. The van der Waals surface area contributed by atoms with Gasteiger partial charge in [-0.15, -0.1) is 11.3 Å². The van der Waals surface area contributed by atoms with Crippen LogP contribution in [0.5, 0.6) is 5.75 Å². The number of ether oxygens (including phenoxy) is 1. The third-order valence-electron chi connectivity index (χ3n) is 4.06. The Morgan fingerprint density at radius 3 is 2.60 bits per heavy atom. The number of amides is 1. The fourth-order valence-electron chi connectivity index (χ4n) is 2.66. The molecule has 4 aromatic rings. The van der Waals surface area contributed by atoms with E-state index in [1.807, 2.05) is 41.8 Å². The number of carbonyl (C=O) groups is 1. The lowest BCUT2D eigenvalue weighted by molar-refractivity contribution is -0.118. The third-order valence-corrected chi connectivity index (χ3v) is 5.07. The number of thiazole rings is 1. The molecule has 2 heterocycles. The van der Waals surface area contributed by atoms with Gasteiger partial charge in [-0.25, -0.2) is 4.98 Å². The predicted octanol–water partition coefficient (Wildman–Crippen LogP) is 5.62. The first kappa shape index (κ1) is 19.9. The molecule has 0 saturated carbocycles. The highest BCUT2D eigenvalue weighted by molar-refractivity contribution is 7.14. The molecule has 0 fully saturated rings. The Morgan fingerprint density at radius 1 is 1.03 bits per heavy atom. The van der Waals surface area contributed by atoms with Crippen molar-refractivity contribution in [2.75, 3.05) is 17.2 Å². The molecule has 30 heavy (non-hydrogen) atoms. The zero-order valence-electron chi connectivity index (χ0n) is 15.7. The molecule has 0 saturated heterocycles. The van der Waals surface area contributed by atoms with E-state index in [0.29, 0.717) is 16.5 Å².